The Morgan fingerprint density at radius 1 is 1.47 bits per heavy atom. The molecule has 0 aliphatic rings. The first-order valence-electron chi connectivity index (χ1n) is 4.52. The first-order valence-corrected chi connectivity index (χ1v) is 6.01. The van der Waals surface area contributed by atoms with Gasteiger partial charge in [-0.25, -0.2) is 17.5 Å². The number of anilines is 1. The van der Waals surface area contributed by atoms with Crippen LogP contribution in [0.2, 0.25) is 0 Å². The van der Waals surface area contributed by atoms with Crippen LogP contribution in [0.3, 0.4) is 0 Å². The summed E-state index contributed by atoms with van der Waals surface area (Å²) in [5.74, 6) is -0.727. The molecule has 0 bridgehead atoms. The minimum atomic E-state index is -3.69. The van der Waals surface area contributed by atoms with Gasteiger partial charge in [-0.2, -0.15) is 0 Å². The summed E-state index contributed by atoms with van der Waals surface area (Å²) in [5.41, 5.74) is 5.00. The fourth-order valence-corrected chi connectivity index (χ4v) is 2.34. The highest BCUT2D eigenvalue weighted by molar-refractivity contribution is 7.89. The average Bonchev–Trinajstić information content (AvgIpc) is 2.19. The van der Waals surface area contributed by atoms with Gasteiger partial charge in [-0.3, -0.25) is 0 Å². The highest BCUT2D eigenvalue weighted by Crippen LogP contribution is 2.20. The number of nitrogen functional groups attached to an aromatic ring is 1. The predicted molar refractivity (Wildman–Crippen MR) is 56.3 cm³/mol. The Balaban J connectivity index is 3.10. The molecule has 0 aromatic heterocycles. The third-order valence-corrected chi connectivity index (χ3v) is 3.36. The van der Waals surface area contributed by atoms with Gasteiger partial charge >= 0.3 is 0 Å². The van der Waals surface area contributed by atoms with E-state index in [0.717, 1.165) is 6.07 Å². The monoisotopic (exact) mass is 232 g/mol. The molecule has 0 aliphatic carbocycles. The van der Waals surface area contributed by atoms with Crippen molar-refractivity contribution in [2.45, 2.75) is 18.2 Å². The largest absolute Gasteiger partial charge is 0.395 e. The number of hydrogen-bond donors (Lipinski definition) is 2. The molecular weight excluding hydrogens is 219 g/mol. The lowest BCUT2D eigenvalue weighted by Gasteiger charge is -2.08. The molecule has 0 aliphatic heterocycles. The van der Waals surface area contributed by atoms with E-state index in [1.165, 1.54) is 12.1 Å². The van der Waals surface area contributed by atoms with Crippen LogP contribution in [0.5, 0.6) is 0 Å². The van der Waals surface area contributed by atoms with Crippen LogP contribution in [0.4, 0.5) is 10.1 Å². The Hall–Kier alpha value is -1.14. The van der Waals surface area contributed by atoms with Gasteiger partial charge < -0.3 is 5.73 Å². The van der Waals surface area contributed by atoms with Crippen LogP contribution in [0.1, 0.15) is 13.3 Å². The number of halogens is 1. The molecule has 15 heavy (non-hydrogen) atoms. The smallest absolute Gasteiger partial charge is 0.242 e. The second-order valence-electron chi connectivity index (χ2n) is 3.05. The fourth-order valence-electron chi connectivity index (χ4n) is 1.07. The molecule has 6 heteroatoms. The Kier molecular flexibility index (Phi) is 3.65. The third kappa shape index (κ3) is 2.66. The van der Waals surface area contributed by atoms with Gasteiger partial charge in [0.25, 0.3) is 0 Å². The van der Waals surface area contributed by atoms with Crippen molar-refractivity contribution in [2.24, 2.45) is 0 Å². The number of nitrogens with two attached hydrogens (primary N) is 1. The molecule has 0 heterocycles. The van der Waals surface area contributed by atoms with E-state index in [9.17, 15) is 12.8 Å². The molecule has 0 radical (unpaired) electrons. The van der Waals surface area contributed by atoms with Crippen LogP contribution in [0, 0.1) is 5.82 Å². The predicted octanol–water partition coefficient (Wildman–Crippen LogP) is 1.10. The summed E-state index contributed by atoms with van der Waals surface area (Å²) in [6.45, 7) is 2.13. The molecule has 1 aromatic carbocycles. The molecule has 0 fully saturated rings. The van der Waals surface area contributed by atoms with Crippen LogP contribution in [0.15, 0.2) is 23.1 Å². The number of para-hydroxylation sites is 1. The van der Waals surface area contributed by atoms with Gasteiger partial charge in [-0.1, -0.05) is 13.0 Å². The van der Waals surface area contributed by atoms with E-state index in [1.807, 2.05) is 6.92 Å². The van der Waals surface area contributed by atoms with E-state index < -0.39 is 15.8 Å². The zero-order chi connectivity index (χ0) is 11.5. The average molecular weight is 232 g/mol. The maximum absolute atomic E-state index is 13.0. The van der Waals surface area contributed by atoms with Crippen molar-refractivity contribution < 1.29 is 12.8 Å². The van der Waals surface area contributed by atoms with E-state index in [1.54, 1.807) is 0 Å². The number of rotatable bonds is 4. The lowest BCUT2D eigenvalue weighted by Crippen LogP contribution is -2.25. The molecule has 3 N–H and O–H groups in total. The van der Waals surface area contributed by atoms with Crippen LogP contribution in [-0.4, -0.2) is 15.0 Å². The standard InChI is InChI=1S/C9H13FN2O2S/c1-2-6-12-15(13,14)8-5-3-4-7(10)9(8)11/h3-5,12H,2,6,11H2,1H3. The van der Waals surface area contributed by atoms with Crippen LogP contribution >= 0.6 is 0 Å². The summed E-state index contributed by atoms with van der Waals surface area (Å²) in [5, 5.41) is 0. The fraction of sp³-hybridized carbons (Fsp3) is 0.333. The Morgan fingerprint density at radius 2 is 2.13 bits per heavy atom. The molecule has 0 atom stereocenters. The van der Waals surface area contributed by atoms with Crippen molar-refractivity contribution >= 4 is 15.7 Å². The Bertz CT molecular complexity index is 445. The van der Waals surface area contributed by atoms with Gasteiger partial charge in [0.15, 0.2) is 0 Å². The number of sulfonamides is 1. The summed E-state index contributed by atoms with van der Waals surface area (Å²) >= 11 is 0. The highest BCUT2D eigenvalue weighted by atomic mass is 32.2. The summed E-state index contributed by atoms with van der Waals surface area (Å²) in [4.78, 5) is -0.212. The van der Waals surface area contributed by atoms with Crippen molar-refractivity contribution in [2.75, 3.05) is 12.3 Å². The number of benzene rings is 1. The lowest BCUT2D eigenvalue weighted by molar-refractivity contribution is 0.578. The second kappa shape index (κ2) is 4.59. The van der Waals surface area contributed by atoms with Crippen molar-refractivity contribution in [3.05, 3.63) is 24.0 Å². The Labute approximate surface area is 88.3 Å². The molecule has 1 rings (SSSR count). The van der Waals surface area contributed by atoms with Gasteiger partial charge in [-0.15, -0.1) is 0 Å². The summed E-state index contributed by atoms with van der Waals surface area (Å²) < 4.78 is 38.5. The molecule has 0 saturated heterocycles. The lowest BCUT2D eigenvalue weighted by atomic mass is 10.3. The SMILES string of the molecule is CCCNS(=O)(=O)c1cccc(F)c1N. The first kappa shape index (κ1) is 11.9. The zero-order valence-electron chi connectivity index (χ0n) is 8.33. The van der Waals surface area contributed by atoms with Gasteiger partial charge in [0, 0.05) is 6.54 Å². The third-order valence-electron chi connectivity index (χ3n) is 1.84. The minimum Gasteiger partial charge on any atom is -0.395 e. The quantitative estimate of drug-likeness (QED) is 0.763. The maximum Gasteiger partial charge on any atom is 0.242 e. The van der Waals surface area contributed by atoms with Crippen molar-refractivity contribution in [3.8, 4) is 0 Å². The molecule has 1 aromatic rings. The molecule has 0 unspecified atom stereocenters. The summed E-state index contributed by atoms with van der Waals surface area (Å²) in [6, 6.07) is 3.71. The van der Waals surface area contributed by atoms with Crippen molar-refractivity contribution in [3.63, 3.8) is 0 Å². The number of hydrogen-bond acceptors (Lipinski definition) is 3. The van der Waals surface area contributed by atoms with Crippen molar-refractivity contribution in [1.29, 1.82) is 0 Å². The van der Waals surface area contributed by atoms with Gasteiger partial charge in [0.2, 0.25) is 10.0 Å². The highest BCUT2D eigenvalue weighted by Gasteiger charge is 2.18. The molecule has 0 spiro atoms. The van der Waals surface area contributed by atoms with E-state index in [0.29, 0.717) is 13.0 Å². The first-order chi connectivity index (χ1) is 6.99. The Morgan fingerprint density at radius 3 is 2.73 bits per heavy atom. The van der Waals surface area contributed by atoms with Crippen LogP contribution in [0.25, 0.3) is 0 Å². The van der Waals surface area contributed by atoms with E-state index in [-0.39, 0.29) is 10.6 Å². The summed E-state index contributed by atoms with van der Waals surface area (Å²) in [6.07, 6.45) is 0.661. The molecule has 0 saturated carbocycles. The molecular formula is C9H13FN2O2S. The van der Waals surface area contributed by atoms with E-state index >= 15 is 0 Å². The van der Waals surface area contributed by atoms with Crippen LogP contribution in [-0.2, 0) is 10.0 Å². The van der Waals surface area contributed by atoms with Gasteiger partial charge in [0.05, 0.1) is 5.69 Å². The normalized spacial score (nSPS) is 11.6. The maximum atomic E-state index is 13.0. The zero-order valence-corrected chi connectivity index (χ0v) is 9.14. The van der Waals surface area contributed by atoms with Gasteiger partial charge in [-0.05, 0) is 18.6 Å². The molecule has 4 nitrogen and oxygen atoms in total. The topological polar surface area (TPSA) is 72.2 Å². The van der Waals surface area contributed by atoms with Gasteiger partial charge in [0.1, 0.15) is 10.7 Å². The molecule has 84 valence electrons. The number of nitrogens with one attached hydrogen (secondary N) is 1. The van der Waals surface area contributed by atoms with E-state index in [2.05, 4.69) is 4.72 Å². The van der Waals surface area contributed by atoms with Crippen molar-refractivity contribution in [1.82, 2.24) is 4.72 Å². The van der Waals surface area contributed by atoms with E-state index in [4.69, 9.17) is 5.73 Å². The molecule has 0 amide bonds. The van der Waals surface area contributed by atoms with Crippen LogP contribution < -0.4 is 10.5 Å². The second-order valence-corrected chi connectivity index (χ2v) is 4.78. The summed E-state index contributed by atoms with van der Waals surface area (Å²) in [7, 11) is -3.69. The minimum absolute atomic E-state index is 0.212.